The maximum absolute atomic E-state index is 12.2. The fourth-order valence-corrected chi connectivity index (χ4v) is 6.23. The number of allylic oxidation sites excluding steroid dienone is 7. The van der Waals surface area contributed by atoms with Crippen molar-refractivity contribution < 1.29 is 9.69 Å². The Morgan fingerprint density at radius 2 is 1.02 bits per heavy atom. The Labute approximate surface area is 249 Å². The molecule has 0 radical (unpaired) electrons. The van der Waals surface area contributed by atoms with Crippen LogP contribution in [0, 0.1) is 0 Å². The molecule has 2 heteroatoms. The van der Waals surface area contributed by atoms with E-state index >= 15 is 0 Å². The SMILES string of the molecule is CCCCCCCCCCCCCCCCCC[NH+]1C=CC(=CC=C2C=CC(=O)c3ccccc32)c2ccccc21. The zero-order valence-corrected chi connectivity index (χ0v) is 25.5. The lowest BCUT2D eigenvalue weighted by atomic mass is 9.91. The molecule has 4 rings (SSSR count). The van der Waals surface area contributed by atoms with E-state index in [2.05, 4.69) is 55.6 Å². The van der Waals surface area contributed by atoms with Gasteiger partial charge in [-0.05, 0) is 47.8 Å². The van der Waals surface area contributed by atoms with E-state index in [1.807, 2.05) is 30.3 Å². The number of rotatable bonds is 18. The largest absolute Gasteiger partial charge is 0.289 e. The van der Waals surface area contributed by atoms with E-state index in [0.717, 1.165) is 23.2 Å². The van der Waals surface area contributed by atoms with Crippen molar-refractivity contribution in [3.8, 4) is 0 Å². The minimum atomic E-state index is 0.0848. The summed E-state index contributed by atoms with van der Waals surface area (Å²) in [5.41, 5.74) is 6.79. The first kappa shape index (κ1) is 31.0. The maximum Gasteiger partial charge on any atom is 0.186 e. The van der Waals surface area contributed by atoms with Gasteiger partial charge in [-0.3, -0.25) is 9.69 Å². The molecule has 1 unspecified atom stereocenters. The van der Waals surface area contributed by atoms with Gasteiger partial charge in [-0.1, -0.05) is 151 Å². The molecule has 41 heavy (non-hydrogen) atoms. The quantitative estimate of drug-likeness (QED) is 0.183. The van der Waals surface area contributed by atoms with Crippen LogP contribution in [0.1, 0.15) is 131 Å². The Balaban J connectivity index is 1.14. The molecular formula is C39H52NO+. The predicted molar refractivity (Wildman–Crippen MR) is 176 cm³/mol. The summed E-state index contributed by atoms with van der Waals surface area (Å²) in [6, 6.07) is 16.7. The summed E-state index contributed by atoms with van der Waals surface area (Å²) in [6.45, 7) is 3.45. The first-order valence-corrected chi connectivity index (χ1v) is 16.7. The van der Waals surface area contributed by atoms with E-state index in [-0.39, 0.29) is 5.78 Å². The van der Waals surface area contributed by atoms with Crippen LogP contribution < -0.4 is 4.90 Å². The third-order valence-corrected chi connectivity index (χ3v) is 8.71. The van der Waals surface area contributed by atoms with Gasteiger partial charge in [0.25, 0.3) is 0 Å². The van der Waals surface area contributed by atoms with Gasteiger partial charge in [0.1, 0.15) is 5.69 Å². The summed E-state index contributed by atoms with van der Waals surface area (Å²) in [5.74, 6) is 0.0848. The summed E-state index contributed by atoms with van der Waals surface area (Å²) in [7, 11) is 0. The molecule has 2 aliphatic rings. The van der Waals surface area contributed by atoms with E-state index in [9.17, 15) is 4.79 Å². The lowest BCUT2D eigenvalue weighted by Crippen LogP contribution is -3.03. The van der Waals surface area contributed by atoms with Crippen molar-refractivity contribution in [1.82, 2.24) is 0 Å². The van der Waals surface area contributed by atoms with E-state index in [1.165, 1.54) is 124 Å². The molecule has 1 aliphatic carbocycles. The van der Waals surface area contributed by atoms with Gasteiger partial charge in [0.05, 0.1) is 12.7 Å². The molecule has 1 heterocycles. The fraction of sp³-hybridized carbons (Fsp3) is 0.462. The van der Waals surface area contributed by atoms with Crippen LogP contribution in [0.3, 0.4) is 0 Å². The molecule has 0 aromatic heterocycles. The second-order valence-electron chi connectivity index (χ2n) is 11.9. The van der Waals surface area contributed by atoms with E-state index in [0.29, 0.717) is 0 Å². The maximum atomic E-state index is 12.2. The van der Waals surface area contributed by atoms with Gasteiger partial charge in [0.2, 0.25) is 0 Å². The van der Waals surface area contributed by atoms with Crippen molar-refractivity contribution in [1.29, 1.82) is 0 Å². The third-order valence-electron chi connectivity index (χ3n) is 8.71. The summed E-state index contributed by atoms with van der Waals surface area (Å²) < 4.78 is 0. The summed E-state index contributed by atoms with van der Waals surface area (Å²) >= 11 is 0. The van der Waals surface area contributed by atoms with Crippen molar-refractivity contribution in [2.24, 2.45) is 0 Å². The number of ketones is 1. The molecule has 0 amide bonds. The number of nitrogens with one attached hydrogen (secondary N) is 1. The van der Waals surface area contributed by atoms with Gasteiger partial charge in [0.15, 0.2) is 5.78 Å². The monoisotopic (exact) mass is 550 g/mol. The van der Waals surface area contributed by atoms with Crippen molar-refractivity contribution in [3.05, 3.63) is 102 Å². The Hall–Kier alpha value is -2.97. The van der Waals surface area contributed by atoms with Crippen LogP contribution in [-0.2, 0) is 0 Å². The molecule has 1 aliphatic heterocycles. The molecule has 1 N–H and O–H groups in total. The molecule has 1 atom stereocenters. The highest BCUT2D eigenvalue weighted by Gasteiger charge is 2.20. The number of fused-ring (bicyclic) bond motifs is 2. The smallest absolute Gasteiger partial charge is 0.186 e. The summed E-state index contributed by atoms with van der Waals surface area (Å²) in [4.78, 5) is 13.7. The molecule has 0 saturated heterocycles. The first-order valence-electron chi connectivity index (χ1n) is 16.7. The highest BCUT2D eigenvalue weighted by atomic mass is 16.1. The Kier molecular flexibility index (Phi) is 13.4. The molecular weight excluding hydrogens is 498 g/mol. The number of para-hydroxylation sites is 1. The van der Waals surface area contributed by atoms with Gasteiger partial charge in [-0.25, -0.2) is 0 Å². The lowest BCUT2D eigenvalue weighted by molar-refractivity contribution is -0.776. The zero-order chi connectivity index (χ0) is 28.5. The molecule has 0 fully saturated rings. The zero-order valence-electron chi connectivity index (χ0n) is 25.5. The standard InChI is InChI=1S/C39H51NO/c1-2-3-4-5-6-7-8-9-10-11-12-13-14-15-16-21-31-40-32-30-34(36-23-19-20-25-38(36)40)27-26-33-28-29-39(41)37-24-18-17-22-35(33)37/h17-20,22-30,32H,2-16,21,31H2,1H3/p+1. The van der Waals surface area contributed by atoms with E-state index < -0.39 is 0 Å². The number of quaternary nitrogens is 1. The van der Waals surface area contributed by atoms with Crippen LogP contribution in [0.5, 0.6) is 0 Å². The summed E-state index contributed by atoms with van der Waals surface area (Å²) in [5, 5.41) is 0. The normalized spacial score (nSPS) is 17.8. The van der Waals surface area contributed by atoms with Crippen molar-refractivity contribution in [3.63, 3.8) is 0 Å². The summed E-state index contributed by atoms with van der Waals surface area (Å²) in [6.07, 6.45) is 35.1. The van der Waals surface area contributed by atoms with E-state index in [4.69, 9.17) is 0 Å². The van der Waals surface area contributed by atoms with Crippen LogP contribution in [0.2, 0.25) is 0 Å². The van der Waals surface area contributed by atoms with Crippen molar-refractivity contribution >= 4 is 22.6 Å². The van der Waals surface area contributed by atoms with E-state index in [1.54, 1.807) is 6.08 Å². The second-order valence-corrected chi connectivity index (χ2v) is 11.9. The Bertz CT molecular complexity index is 1210. The number of hydrogen-bond donors (Lipinski definition) is 1. The molecule has 2 aromatic carbocycles. The van der Waals surface area contributed by atoms with Gasteiger partial charge < -0.3 is 0 Å². The minimum Gasteiger partial charge on any atom is -0.289 e. The van der Waals surface area contributed by atoms with Gasteiger partial charge in [-0.2, -0.15) is 0 Å². The van der Waals surface area contributed by atoms with Crippen LogP contribution in [0.25, 0.3) is 11.1 Å². The topological polar surface area (TPSA) is 21.5 Å². The highest BCUT2D eigenvalue weighted by Crippen LogP contribution is 2.29. The third kappa shape index (κ3) is 9.82. The van der Waals surface area contributed by atoms with Crippen molar-refractivity contribution in [2.45, 2.75) is 110 Å². The molecule has 0 spiro atoms. The Morgan fingerprint density at radius 1 is 0.537 bits per heavy atom. The molecule has 0 saturated carbocycles. The van der Waals surface area contributed by atoms with Crippen LogP contribution >= 0.6 is 0 Å². The minimum absolute atomic E-state index is 0.0848. The van der Waals surface area contributed by atoms with Crippen molar-refractivity contribution in [2.75, 3.05) is 6.54 Å². The fourth-order valence-electron chi connectivity index (χ4n) is 6.23. The van der Waals surface area contributed by atoms with Crippen LogP contribution in [0.4, 0.5) is 5.69 Å². The number of benzene rings is 2. The number of carbonyl (C=O) groups is 1. The number of carbonyl (C=O) groups excluding carboxylic acids is 1. The molecule has 2 aromatic rings. The van der Waals surface area contributed by atoms with Gasteiger partial charge in [-0.15, -0.1) is 0 Å². The average molecular weight is 551 g/mol. The number of unbranched alkanes of at least 4 members (excludes halogenated alkanes) is 15. The van der Waals surface area contributed by atoms with Crippen LogP contribution in [-0.4, -0.2) is 12.3 Å². The Morgan fingerprint density at radius 3 is 1.63 bits per heavy atom. The first-order chi connectivity index (χ1) is 20.3. The van der Waals surface area contributed by atoms with Gasteiger partial charge >= 0.3 is 0 Å². The lowest BCUT2D eigenvalue weighted by Gasteiger charge is -2.22. The predicted octanol–water partition coefficient (Wildman–Crippen LogP) is 10.2. The second kappa shape index (κ2) is 17.8. The molecule has 0 bridgehead atoms. The molecule has 218 valence electrons. The molecule has 2 nitrogen and oxygen atoms in total. The average Bonchev–Trinajstić information content (AvgIpc) is 3.01. The number of hydrogen-bond acceptors (Lipinski definition) is 1. The van der Waals surface area contributed by atoms with Crippen LogP contribution in [0.15, 0.2) is 85.1 Å². The van der Waals surface area contributed by atoms with Gasteiger partial charge in [0, 0.05) is 17.2 Å². The highest BCUT2D eigenvalue weighted by molar-refractivity contribution is 6.12.